The van der Waals surface area contributed by atoms with Crippen LogP contribution in [0.1, 0.15) is 24.8 Å². The number of piperidine rings is 1. The molecule has 1 amide bonds. The van der Waals surface area contributed by atoms with E-state index in [4.69, 9.17) is 5.11 Å². The molecule has 1 aromatic rings. The molecule has 2 fully saturated rings. The largest absolute Gasteiger partial charge is 0.465 e. The predicted molar refractivity (Wildman–Crippen MR) is 88.0 cm³/mol. The third kappa shape index (κ3) is 4.32. The van der Waals surface area contributed by atoms with Gasteiger partial charge in [-0.05, 0) is 17.9 Å². The molecule has 0 radical (unpaired) electrons. The molecular weight excluding hydrogens is 295 g/mol. The molecule has 3 rings (SSSR count). The Bertz CT molecular complexity index is 568. The minimum Gasteiger partial charge on any atom is -0.465 e. The number of likely N-dealkylation sites (tertiary alicyclic amines) is 1. The Labute approximate surface area is 136 Å². The van der Waals surface area contributed by atoms with Gasteiger partial charge >= 0.3 is 6.09 Å². The van der Waals surface area contributed by atoms with Crippen molar-refractivity contribution < 1.29 is 14.3 Å². The molecule has 0 aromatic heterocycles. The number of carboxylic acid groups (broad SMARTS) is 1. The molecule has 1 aliphatic heterocycles. The van der Waals surface area contributed by atoms with Crippen LogP contribution < -0.4 is 5.32 Å². The van der Waals surface area contributed by atoms with E-state index in [-0.39, 0.29) is 25.9 Å². The van der Waals surface area contributed by atoms with Gasteiger partial charge in [-0.2, -0.15) is 0 Å². The number of carbonyl (C=O) groups is 1. The number of rotatable bonds is 5. The van der Waals surface area contributed by atoms with E-state index >= 15 is 0 Å². The molecule has 23 heavy (non-hydrogen) atoms. The highest BCUT2D eigenvalue weighted by Gasteiger charge is 2.40. The van der Waals surface area contributed by atoms with Crippen LogP contribution in [0.15, 0.2) is 36.4 Å². The van der Waals surface area contributed by atoms with Gasteiger partial charge in [0.05, 0.1) is 0 Å². The Hall–Kier alpha value is -1.88. The van der Waals surface area contributed by atoms with E-state index in [9.17, 15) is 9.18 Å². The molecule has 1 aromatic carbocycles. The normalized spacial score (nSPS) is 26.4. The van der Waals surface area contributed by atoms with E-state index < -0.39 is 11.8 Å². The lowest BCUT2D eigenvalue weighted by Gasteiger charge is -2.35. The van der Waals surface area contributed by atoms with Crippen molar-refractivity contribution in [3.8, 4) is 0 Å². The standard InChI is InChI=1S/C18H23FN2O2/c19-18(8-10-21(11-9-18)17(22)23)13-20-16-12-15(16)7-6-14-4-2-1-3-5-14/h1-7,15-16,20H,8-13H2,(H,22,23). The van der Waals surface area contributed by atoms with Gasteiger partial charge in [-0.3, -0.25) is 0 Å². The fourth-order valence-corrected chi connectivity index (χ4v) is 3.05. The number of hydrogen-bond acceptors (Lipinski definition) is 2. The van der Waals surface area contributed by atoms with Gasteiger partial charge in [0, 0.05) is 38.5 Å². The Kier molecular flexibility index (Phi) is 4.66. The lowest BCUT2D eigenvalue weighted by molar-refractivity contribution is 0.0566. The zero-order valence-corrected chi connectivity index (χ0v) is 13.1. The summed E-state index contributed by atoms with van der Waals surface area (Å²) in [5, 5.41) is 12.2. The number of halogens is 1. The smallest absolute Gasteiger partial charge is 0.407 e. The minimum absolute atomic E-state index is 0.281. The Morgan fingerprint density at radius 1 is 1.35 bits per heavy atom. The average Bonchev–Trinajstić information content (AvgIpc) is 3.31. The first kappa shape index (κ1) is 16.0. The third-order valence-electron chi connectivity index (χ3n) is 4.79. The van der Waals surface area contributed by atoms with Crippen molar-refractivity contribution in [2.24, 2.45) is 5.92 Å². The van der Waals surface area contributed by atoms with Crippen molar-refractivity contribution >= 4 is 12.2 Å². The van der Waals surface area contributed by atoms with Gasteiger partial charge in [0.1, 0.15) is 5.67 Å². The van der Waals surface area contributed by atoms with Gasteiger partial charge in [-0.15, -0.1) is 0 Å². The second-order valence-corrected chi connectivity index (χ2v) is 6.58. The lowest BCUT2D eigenvalue weighted by Crippen LogP contribution is -2.49. The molecule has 1 heterocycles. The van der Waals surface area contributed by atoms with Gasteiger partial charge in [-0.25, -0.2) is 9.18 Å². The monoisotopic (exact) mass is 318 g/mol. The number of benzene rings is 1. The molecule has 4 nitrogen and oxygen atoms in total. The maximum atomic E-state index is 14.7. The number of amides is 1. The Morgan fingerprint density at radius 3 is 2.70 bits per heavy atom. The second kappa shape index (κ2) is 6.71. The van der Waals surface area contributed by atoms with Gasteiger partial charge in [0.2, 0.25) is 0 Å². The summed E-state index contributed by atoms with van der Waals surface area (Å²) in [4.78, 5) is 12.1. The van der Waals surface area contributed by atoms with Gasteiger partial charge in [0.15, 0.2) is 0 Å². The summed E-state index contributed by atoms with van der Waals surface area (Å²) in [7, 11) is 0. The number of alkyl halides is 1. The SMILES string of the molecule is O=C(O)N1CCC(F)(CNC2CC2C=Cc2ccccc2)CC1. The van der Waals surface area contributed by atoms with Crippen LogP contribution in [0.2, 0.25) is 0 Å². The van der Waals surface area contributed by atoms with E-state index in [1.165, 1.54) is 10.5 Å². The van der Waals surface area contributed by atoms with E-state index in [0.29, 0.717) is 18.5 Å². The zero-order chi connectivity index (χ0) is 16.3. The molecule has 2 unspecified atom stereocenters. The molecule has 1 saturated carbocycles. The van der Waals surface area contributed by atoms with Crippen molar-refractivity contribution in [1.82, 2.24) is 10.2 Å². The molecular formula is C18H23FN2O2. The zero-order valence-electron chi connectivity index (χ0n) is 13.1. The molecule has 1 aliphatic carbocycles. The molecule has 0 spiro atoms. The lowest BCUT2D eigenvalue weighted by atomic mass is 9.93. The van der Waals surface area contributed by atoms with E-state index in [0.717, 1.165) is 6.42 Å². The molecule has 124 valence electrons. The summed E-state index contributed by atoms with van der Waals surface area (Å²) in [6.07, 6.45) is 4.95. The highest BCUT2D eigenvalue weighted by molar-refractivity contribution is 5.65. The second-order valence-electron chi connectivity index (χ2n) is 6.58. The Balaban J connectivity index is 1.40. The average molecular weight is 318 g/mol. The van der Waals surface area contributed by atoms with Crippen LogP contribution in [0.3, 0.4) is 0 Å². The summed E-state index contributed by atoms with van der Waals surface area (Å²) in [5.41, 5.74) is -0.0939. The fraction of sp³-hybridized carbons (Fsp3) is 0.500. The summed E-state index contributed by atoms with van der Waals surface area (Å²) < 4.78 is 14.7. The molecule has 2 atom stereocenters. The van der Waals surface area contributed by atoms with E-state index in [1.807, 2.05) is 18.2 Å². The fourth-order valence-electron chi connectivity index (χ4n) is 3.05. The van der Waals surface area contributed by atoms with Gasteiger partial charge in [0.25, 0.3) is 0 Å². The molecule has 5 heteroatoms. The van der Waals surface area contributed by atoms with Crippen LogP contribution in [0, 0.1) is 5.92 Å². The first-order valence-electron chi connectivity index (χ1n) is 8.19. The maximum Gasteiger partial charge on any atom is 0.407 e. The maximum absolute atomic E-state index is 14.7. The van der Waals surface area contributed by atoms with Crippen molar-refractivity contribution in [1.29, 1.82) is 0 Å². The van der Waals surface area contributed by atoms with Crippen LogP contribution in [0.4, 0.5) is 9.18 Å². The topological polar surface area (TPSA) is 52.6 Å². The van der Waals surface area contributed by atoms with Gasteiger partial charge < -0.3 is 15.3 Å². The Morgan fingerprint density at radius 2 is 2.04 bits per heavy atom. The first-order valence-corrected chi connectivity index (χ1v) is 8.19. The quantitative estimate of drug-likeness (QED) is 0.877. The van der Waals surface area contributed by atoms with Crippen molar-refractivity contribution in [3.63, 3.8) is 0 Å². The number of nitrogens with zero attached hydrogens (tertiary/aromatic N) is 1. The minimum atomic E-state index is -1.28. The van der Waals surface area contributed by atoms with Crippen LogP contribution in [-0.4, -0.2) is 47.4 Å². The third-order valence-corrected chi connectivity index (χ3v) is 4.79. The predicted octanol–water partition coefficient (Wildman–Crippen LogP) is 3.16. The summed E-state index contributed by atoms with van der Waals surface area (Å²) >= 11 is 0. The molecule has 1 saturated heterocycles. The van der Waals surface area contributed by atoms with Crippen LogP contribution in [0.5, 0.6) is 0 Å². The number of hydrogen-bond donors (Lipinski definition) is 2. The van der Waals surface area contributed by atoms with E-state index in [2.05, 4.69) is 29.6 Å². The van der Waals surface area contributed by atoms with Crippen LogP contribution in [-0.2, 0) is 0 Å². The summed E-state index contributed by atoms with van der Waals surface area (Å²) in [6.45, 7) is 0.895. The van der Waals surface area contributed by atoms with Crippen molar-refractivity contribution in [3.05, 3.63) is 42.0 Å². The van der Waals surface area contributed by atoms with Crippen molar-refractivity contribution in [2.75, 3.05) is 19.6 Å². The molecule has 2 N–H and O–H groups in total. The van der Waals surface area contributed by atoms with Gasteiger partial charge in [-0.1, -0.05) is 42.5 Å². The van der Waals surface area contributed by atoms with Crippen LogP contribution in [0.25, 0.3) is 6.08 Å². The molecule has 2 aliphatic rings. The van der Waals surface area contributed by atoms with Crippen molar-refractivity contribution in [2.45, 2.75) is 31.0 Å². The first-order chi connectivity index (χ1) is 11.1. The molecule has 0 bridgehead atoms. The highest BCUT2D eigenvalue weighted by Crippen LogP contribution is 2.34. The summed E-state index contributed by atoms with van der Waals surface area (Å²) in [6, 6.07) is 10.5. The summed E-state index contributed by atoms with van der Waals surface area (Å²) in [5.74, 6) is 0.470. The highest BCUT2D eigenvalue weighted by atomic mass is 19.1. The van der Waals surface area contributed by atoms with Crippen LogP contribution >= 0.6 is 0 Å². The van der Waals surface area contributed by atoms with E-state index in [1.54, 1.807) is 0 Å². The number of nitrogens with one attached hydrogen (secondary N) is 1.